The Morgan fingerprint density at radius 1 is 1.36 bits per heavy atom. The van der Waals surface area contributed by atoms with E-state index in [0.717, 1.165) is 0 Å². The number of terminal acetylenes is 1. The average Bonchev–Trinajstić information content (AvgIpc) is 2.97. The molecule has 0 saturated carbocycles. The van der Waals surface area contributed by atoms with Crippen LogP contribution in [0.4, 0.5) is 13.2 Å². The van der Waals surface area contributed by atoms with Crippen LogP contribution in [0.15, 0.2) is 28.8 Å². The van der Waals surface area contributed by atoms with Crippen LogP contribution in [0.1, 0.15) is 16.2 Å². The summed E-state index contributed by atoms with van der Waals surface area (Å²) < 4.78 is 41.2. The van der Waals surface area contributed by atoms with E-state index in [1.807, 2.05) is 0 Å². The first-order valence-electron chi connectivity index (χ1n) is 5.78. The minimum absolute atomic E-state index is 0.0904. The number of hydrogen-bond acceptors (Lipinski definition) is 5. The number of aromatic nitrogens is 2. The smallest absolute Gasteiger partial charge is 0.329 e. The Kier molecular flexibility index (Phi) is 4.43. The van der Waals surface area contributed by atoms with Gasteiger partial charge in [0, 0.05) is 11.1 Å². The quantitative estimate of drug-likeness (QED) is 0.531. The summed E-state index contributed by atoms with van der Waals surface area (Å²) in [7, 11) is 0. The third kappa shape index (κ3) is 3.62. The number of alkyl halides is 3. The van der Waals surface area contributed by atoms with Crippen molar-refractivity contribution in [2.24, 2.45) is 0 Å². The van der Waals surface area contributed by atoms with Crippen molar-refractivity contribution in [1.29, 1.82) is 0 Å². The highest BCUT2D eigenvalue weighted by atomic mass is 19.4. The van der Waals surface area contributed by atoms with Gasteiger partial charge in [-0.15, -0.1) is 6.42 Å². The molecule has 0 fully saturated rings. The molecule has 1 heterocycles. The standard InChI is InChI=1S/C13H8F3N3O3/c1-2-7-21-19-11(20)9-5-3-8(4-6-9)10-17-12(22-18-10)13(14,15)16/h1,3-6H,7H2,(H,19,20). The van der Waals surface area contributed by atoms with Crippen molar-refractivity contribution in [2.75, 3.05) is 6.61 Å². The molecule has 1 aromatic heterocycles. The van der Waals surface area contributed by atoms with Crippen molar-refractivity contribution in [2.45, 2.75) is 6.18 Å². The van der Waals surface area contributed by atoms with Gasteiger partial charge in [-0.05, 0) is 12.1 Å². The number of hydroxylamine groups is 1. The first-order chi connectivity index (χ1) is 10.4. The molecule has 0 atom stereocenters. The molecule has 0 aliphatic carbocycles. The molecule has 0 saturated heterocycles. The Balaban J connectivity index is 2.10. The zero-order valence-corrected chi connectivity index (χ0v) is 10.8. The summed E-state index contributed by atoms with van der Waals surface area (Å²) >= 11 is 0. The molecule has 2 aromatic rings. The molecule has 1 aromatic carbocycles. The first-order valence-corrected chi connectivity index (χ1v) is 5.78. The van der Waals surface area contributed by atoms with E-state index in [2.05, 4.69) is 30.9 Å². The molecule has 114 valence electrons. The van der Waals surface area contributed by atoms with Gasteiger partial charge in [0.05, 0.1) is 0 Å². The van der Waals surface area contributed by atoms with Gasteiger partial charge in [0.15, 0.2) is 0 Å². The van der Waals surface area contributed by atoms with Crippen molar-refractivity contribution in [3.05, 3.63) is 35.7 Å². The molecule has 0 spiro atoms. The molecule has 6 nitrogen and oxygen atoms in total. The summed E-state index contributed by atoms with van der Waals surface area (Å²) in [4.78, 5) is 19.5. The van der Waals surface area contributed by atoms with Gasteiger partial charge in [0.1, 0.15) is 6.61 Å². The van der Waals surface area contributed by atoms with E-state index in [4.69, 9.17) is 6.42 Å². The average molecular weight is 311 g/mol. The topological polar surface area (TPSA) is 77.2 Å². The van der Waals surface area contributed by atoms with Crippen LogP contribution in [-0.4, -0.2) is 22.7 Å². The Hall–Kier alpha value is -2.86. The molecule has 9 heteroatoms. The van der Waals surface area contributed by atoms with Crippen molar-refractivity contribution in [3.63, 3.8) is 0 Å². The normalized spacial score (nSPS) is 11.0. The molecule has 22 heavy (non-hydrogen) atoms. The second-order valence-electron chi connectivity index (χ2n) is 3.92. The number of halogens is 3. The highest BCUT2D eigenvalue weighted by Gasteiger charge is 2.38. The minimum Gasteiger partial charge on any atom is -0.329 e. The molecule has 1 amide bonds. The molecule has 0 aliphatic rings. The first kappa shape index (κ1) is 15.5. The van der Waals surface area contributed by atoms with Gasteiger partial charge in [-0.1, -0.05) is 23.2 Å². The second kappa shape index (κ2) is 6.28. The van der Waals surface area contributed by atoms with E-state index in [1.165, 1.54) is 24.3 Å². The lowest BCUT2D eigenvalue weighted by molar-refractivity contribution is -0.159. The van der Waals surface area contributed by atoms with Crippen molar-refractivity contribution in [1.82, 2.24) is 15.6 Å². The highest BCUT2D eigenvalue weighted by molar-refractivity contribution is 5.93. The summed E-state index contributed by atoms with van der Waals surface area (Å²) in [5.41, 5.74) is 2.59. The summed E-state index contributed by atoms with van der Waals surface area (Å²) in [6.45, 7) is -0.0904. The number of nitrogens with zero attached hydrogens (tertiary/aromatic N) is 2. The highest BCUT2D eigenvalue weighted by Crippen LogP contribution is 2.29. The van der Waals surface area contributed by atoms with E-state index < -0.39 is 18.0 Å². The predicted octanol–water partition coefficient (Wildman–Crippen LogP) is 2.05. The lowest BCUT2D eigenvalue weighted by Crippen LogP contribution is -2.23. The number of hydrogen-bond donors (Lipinski definition) is 1. The molecule has 0 bridgehead atoms. The molecular weight excluding hydrogens is 303 g/mol. The van der Waals surface area contributed by atoms with Crippen molar-refractivity contribution in [3.8, 4) is 23.7 Å². The monoisotopic (exact) mass is 311 g/mol. The Morgan fingerprint density at radius 3 is 2.59 bits per heavy atom. The Bertz CT molecular complexity index is 702. The van der Waals surface area contributed by atoms with Crippen molar-refractivity contribution >= 4 is 5.91 Å². The summed E-state index contributed by atoms with van der Waals surface area (Å²) in [6.07, 6.45) is 0.232. The molecule has 0 unspecified atom stereocenters. The van der Waals surface area contributed by atoms with Crippen LogP contribution < -0.4 is 5.48 Å². The maximum atomic E-state index is 12.4. The molecule has 0 aliphatic heterocycles. The molecule has 1 N–H and O–H groups in total. The SMILES string of the molecule is C#CCONC(=O)c1ccc(-c2noc(C(F)(F)F)n2)cc1. The third-order valence-electron chi connectivity index (χ3n) is 2.39. The zero-order valence-electron chi connectivity index (χ0n) is 10.8. The van der Waals surface area contributed by atoms with Crippen LogP contribution in [0.5, 0.6) is 0 Å². The van der Waals surface area contributed by atoms with Gasteiger partial charge in [-0.25, -0.2) is 5.48 Å². The Morgan fingerprint density at radius 2 is 2.05 bits per heavy atom. The second-order valence-corrected chi connectivity index (χ2v) is 3.92. The number of carbonyl (C=O) groups is 1. The number of nitrogens with one attached hydrogen (secondary N) is 1. The van der Waals surface area contributed by atoms with Crippen LogP contribution in [0.2, 0.25) is 0 Å². The fourth-order valence-corrected chi connectivity index (χ4v) is 1.43. The maximum absolute atomic E-state index is 12.4. The maximum Gasteiger partial charge on any atom is 0.471 e. The fourth-order valence-electron chi connectivity index (χ4n) is 1.43. The summed E-state index contributed by atoms with van der Waals surface area (Å²) in [5, 5.41) is 3.23. The van der Waals surface area contributed by atoms with E-state index >= 15 is 0 Å². The third-order valence-corrected chi connectivity index (χ3v) is 2.39. The molecular formula is C13H8F3N3O3. The van der Waals surface area contributed by atoms with Crippen LogP contribution in [0.25, 0.3) is 11.4 Å². The van der Waals surface area contributed by atoms with Crippen LogP contribution >= 0.6 is 0 Å². The molecule has 2 rings (SSSR count). The van der Waals surface area contributed by atoms with E-state index in [1.54, 1.807) is 0 Å². The number of amides is 1. The van der Waals surface area contributed by atoms with E-state index in [-0.39, 0.29) is 23.6 Å². The largest absolute Gasteiger partial charge is 0.471 e. The van der Waals surface area contributed by atoms with Gasteiger partial charge in [-0.3, -0.25) is 9.63 Å². The van der Waals surface area contributed by atoms with Gasteiger partial charge < -0.3 is 4.52 Å². The number of benzene rings is 1. The number of rotatable bonds is 4. The van der Waals surface area contributed by atoms with Crippen LogP contribution in [-0.2, 0) is 11.0 Å². The Labute approximate surface area is 122 Å². The summed E-state index contributed by atoms with van der Waals surface area (Å²) in [5.74, 6) is -0.0577. The van der Waals surface area contributed by atoms with Crippen LogP contribution in [0, 0.1) is 12.3 Å². The van der Waals surface area contributed by atoms with Gasteiger partial charge in [0.2, 0.25) is 5.82 Å². The lowest BCUT2D eigenvalue weighted by atomic mass is 10.1. The number of carbonyl (C=O) groups excluding carboxylic acids is 1. The van der Waals surface area contributed by atoms with Gasteiger partial charge >= 0.3 is 12.1 Å². The van der Waals surface area contributed by atoms with Gasteiger partial charge in [0.25, 0.3) is 5.91 Å². The lowest BCUT2D eigenvalue weighted by Gasteiger charge is -2.03. The van der Waals surface area contributed by atoms with Gasteiger partial charge in [-0.2, -0.15) is 18.2 Å². The molecule has 0 radical (unpaired) electrons. The minimum atomic E-state index is -4.71. The van der Waals surface area contributed by atoms with Crippen LogP contribution in [0.3, 0.4) is 0 Å². The van der Waals surface area contributed by atoms with E-state index in [0.29, 0.717) is 0 Å². The van der Waals surface area contributed by atoms with Crippen molar-refractivity contribution < 1.29 is 27.3 Å². The van der Waals surface area contributed by atoms with E-state index in [9.17, 15) is 18.0 Å². The fraction of sp³-hybridized carbons (Fsp3) is 0.154. The summed E-state index contributed by atoms with van der Waals surface area (Å²) in [6, 6.07) is 5.49. The zero-order chi connectivity index (χ0) is 16.2. The predicted molar refractivity (Wildman–Crippen MR) is 67.0 cm³/mol.